The van der Waals surface area contributed by atoms with Crippen LogP contribution >= 0.6 is 0 Å². The highest BCUT2D eigenvalue weighted by molar-refractivity contribution is 5.94. The van der Waals surface area contributed by atoms with E-state index >= 15 is 0 Å². The van der Waals surface area contributed by atoms with Crippen LogP contribution in [0, 0.1) is 0 Å². The van der Waals surface area contributed by atoms with Gasteiger partial charge < -0.3 is 179 Å². The maximum atomic E-state index is 12.9. The number of hydrogen-bond donors (Lipinski definition) is 21. The molecule has 0 aromatic rings. The third-order valence-electron chi connectivity index (χ3n) is 15.7. The molecule has 0 aromatic carbocycles. The number of rotatable bonds is 11. The second kappa shape index (κ2) is 30.2. The molecule has 21 rings (SSSR count). The van der Waals surface area contributed by atoms with Crippen LogP contribution in [0.15, 0.2) is 12.2 Å². The molecule has 0 saturated carbocycles. The van der Waals surface area contributed by atoms with Crippen LogP contribution in [0.4, 0.5) is 0 Å². The SMILES string of the molecule is CCOC(=O)/C=C/C(=O)NC[C@H]1O[C@@H]2O[C@H]3[C@H](O)[C@@H](O)[C@@H](O[C@H]4[C@H](O)[C@@H](O)[C@@H](O[C@H]5[C@H](O)[C@@H](O)[C@@H](O[C@H]6[C@H](O)[C@@H](O)[C@@H](O[C@H]7[C@H](O)[C@@H](O)[C@@H](O[C@H]8[C@H](O)[C@@H](O)[C@@H](O[C@H]1[C@H](O)[C@H]2O)O[C@@H]8CO)O[C@@H]7CO)O[C@@H]6CO)O[C@@H]5CO)O[C@@H]4CO)O[C@@H]3CO. The number of carbonyl (C=O) groups excluding carboxylic acids is 2. The van der Waals surface area contributed by atoms with Crippen LogP contribution in [0.5, 0.6) is 0 Å². The van der Waals surface area contributed by atoms with E-state index in [0.717, 1.165) is 12.2 Å². The molecule has 21 saturated heterocycles. The zero-order chi connectivity index (χ0) is 62.7. The summed E-state index contributed by atoms with van der Waals surface area (Å²) in [7, 11) is 0. The van der Waals surface area contributed by atoms with Crippen molar-refractivity contribution in [2.24, 2.45) is 0 Å². The van der Waals surface area contributed by atoms with E-state index in [2.05, 4.69) is 5.32 Å². The maximum absolute atomic E-state index is 12.9. The average Bonchev–Trinajstić information content (AvgIpc) is 0.997. The first-order valence-corrected chi connectivity index (χ1v) is 27.4. The van der Waals surface area contributed by atoms with Gasteiger partial charge in [-0.3, -0.25) is 4.79 Å². The summed E-state index contributed by atoms with van der Waals surface area (Å²) in [4.78, 5) is 24.9. The van der Waals surface area contributed by atoms with Crippen molar-refractivity contribution in [2.75, 3.05) is 52.8 Å². The van der Waals surface area contributed by atoms with Gasteiger partial charge in [-0.05, 0) is 6.92 Å². The van der Waals surface area contributed by atoms with Crippen molar-refractivity contribution in [1.29, 1.82) is 0 Å². The van der Waals surface area contributed by atoms with Gasteiger partial charge in [0.2, 0.25) is 5.91 Å². The molecular weight excluding hydrogens is 1180 g/mol. The number of esters is 1. The largest absolute Gasteiger partial charge is 0.463 e. The maximum Gasteiger partial charge on any atom is 0.330 e. The molecule has 38 nitrogen and oxygen atoms in total. The van der Waals surface area contributed by atoms with Gasteiger partial charge >= 0.3 is 5.97 Å². The van der Waals surface area contributed by atoms with Crippen molar-refractivity contribution >= 4 is 11.9 Å². The van der Waals surface area contributed by atoms with Gasteiger partial charge in [-0.1, -0.05) is 0 Å². The summed E-state index contributed by atoms with van der Waals surface area (Å²) in [6.07, 6.45) is -70.5. The first kappa shape index (κ1) is 69.2. The second-order valence-corrected chi connectivity index (χ2v) is 21.3. The topological polar surface area (TPSA) is 589 Å². The van der Waals surface area contributed by atoms with Gasteiger partial charge in [0.1, 0.15) is 171 Å². The number of ether oxygens (including phenoxy) is 15. The van der Waals surface area contributed by atoms with Crippen molar-refractivity contribution in [3.63, 3.8) is 0 Å². The Labute approximate surface area is 486 Å². The van der Waals surface area contributed by atoms with Crippen LogP contribution in [0.2, 0.25) is 0 Å². The molecule has 21 heterocycles. The summed E-state index contributed by atoms with van der Waals surface area (Å²) in [6.45, 7) is -5.78. The molecule has 21 fully saturated rings. The fourth-order valence-electron chi connectivity index (χ4n) is 11.0. The summed E-state index contributed by atoms with van der Waals surface area (Å²) >= 11 is 0. The molecule has 0 aliphatic carbocycles. The Hall–Kier alpha value is -2.68. The Morgan fingerprint density at radius 3 is 0.709 bits per heavy atom. The smallest absolute Gasteiger partial charge is 0.330 e. The van der Waals surface area contributed by atoms with Crippen LogP contribution in [0.3, 0.4) is 0 Å². The Morgan fingerprint density at radius 2 is 0.512 bits per heavy atom. The van der Waals surface area contributed by atoms with E-state index in [1.54, 1.807) is 0 Å². The lowest BCUT2D eigenvalue weighted by molar-refractivity contribution is -0.396. The highest BCUT2D eigenvalue weighted by atomic mass is 16.8. The highest BCUT2D eigenvalue weighted by Crippen LogP contribution is 2.39. The van der Waals surface area contributed by atoms with E-state index in [4.69, 9.17) is 71.1 Å². The minimum Gasteiger partial charge on any atom is -0.463 e. The van der Waals surface area contributed by atoms with E-state index in [1.165, 1.54) is 6.92 Å². The fourth-order valence-corrected chi connectivity index (χ4v) is 11.0. The van der Waals surface area contributed by atoms with Gasteiger partial charge in [0.25, 0.3) is 0 Å². The number of amides is 1. The summed E-state index contributed by atoms with van der Waals surface area (Å²) in [6, 6.07) is 0. The molecule has 0 radical (unpaired) electrons. The molecule has 1 amide bonds. The molecule has 496 valence electrons. The lowest BCUT2D eigenvalue weighted by atomic mass is 9.95. The summed E-state index contributed by atoms with van der Waals surface area (Å²) < 4.78 is 85.2. The molecule has 0 aromatic heterocycles. The number of aliphatic hydroxyl groups is 20. The minimum atomic E-state index is -2.30. The van der Waals surface area contributed by atoms with Crippen LogP contribution in [0.1, 0.15) is 6.92 Å². The Kier molecular flexibility index (Phi) is 24.3. The predicted octanol–water partition coefficient (Wildman–Crippen LogP) is -15.0. The van der Waals surface area contributed by atoms with Crippen LogP contribution in [-0.2, 0) is 80.6 Å². The summed E-state index contributed by atoms with van der Waals surface area (Å²) in [5.74, 6) is -1.91. The van der Waals surface area contributed by atoms with Gasteiger partial charge in [-0.15, -0.1) is 0 Å². The molecule has 38 heteroatoms. The molecule has 35 atom stereocenters. The van der Waals surface area contributed by atoms with E-state index in [1.807, 2.05) is 0 Å². The summed E-state index contributed by atoms with van der Waals surface area (Å²) in [5, 5.41) is 225. The van der Waals surface area contributed by atoms with Gasteiger partial charge in [0.05, 0.1) is 46.2 Å². The molecule has 0 spiro atoms. The molecule has 21 N–H and O–H groups in total. The van der Waals surface area contributed by atoms with Gasteiger partial charge in [-0.2, -0.15) is 0 Å². The van der Waals surface area contributed by atoms with E-state index in [0.29, 0.717) is 0 Å². The minimum absolute atomic E-state index is 0.0489. The molecule has 86 heavy (non-hydrogen) atoms. The van der Waals surface area contributed by atoms with Gasteiger partial charge in [-0.25, -0.2) is 4.79 Å². The number of aliphatic hydroxyl groups excluding tert-OH is 20. The number of hydrogen-bond acceptors (Lipinski definition) is 37. The fraction of sp³-hybridized carbons (Fsp3) is 0.917. The van der Waals surface area contributed by atoms with Crippen molar-refractivity contribution in [2.45, 2.75) is 222 Å². The number of carbonyl (C=O) groups is 2. The van der Waals surface area contributed by atoms with Crippen LogP contribution < -0.4 is 5.32 Å². The normalized spacial score (nSPS) is 50.7. The van der Waals surface area contributed by atoms with Crippen molar-refractivity contribution < 1.29 is 183 Å². The third kappa shape index (κ3) is 14.5. The summed E-state index contributed by atoms with van der Waals surface area (Å²) in [5.41, 5.74) is 0. The van der Waals surface area contributed by atoms with Crippen LogP contribution in [0.25, 0.3) is 0 Å². The van der Waals surface area contributed by atoms with Crippen molar-refractivity contribution in [3.8, 4) is 0 Å². The average molecular weight is 1260 g/mol. The Balaban J connectivity index is 1.10. The molecule has 21 aliphatic heterocycles. The highest BCUT2D eigenvalue weighted by Gasteiger charge is 2.59. The molecule has 0 unspecified atom stereocenters. The third-order valence-corrected chi connectivity index (χ3v) is 15.7. The Bertz CT molecular complexity index is 2160. The predicted molar refractivity (Wildman–Crippen MR) is 260 cm³/mol. The van der Waals surface area contributed by atoms with E-state index in [-0.39, 0.29) is 6.61 Å². The van der Waals surface area contributed by atoms with E-state index in [9.17, 15) is 112 Å². The van der Waals surface area contributed by atoms with E-state index < -0.39 is 273 Å². The quantitative estimate of drug-likeness (QED) is 0.0675. The standard InChI is InChI=1S/C48H77NO37/c1-2-72-20(57)4-3-19(56)49-5-12-35-21(58)28(65)42(73-12)81-36-13(6-50)75-44(30(67)23(36)60)83-38-15(8-52)77-46(32(69)25(38)62)85-40-17(10-54)79-48(34(71)27(40)64)86-41-18(11-55)78-47(33(70)26(41)63)84-39-16(9-53)76-45(31(68)24(39)61)82-37-14(7-51)74-43(80-35)29(66)22(37)59/h3-4,12-18,21-48,50-55,58-71H,2,5-11H2,1H3,(H,49,56)/b4-3+/t12-,13-,14-,15-,16-,17-,18-,21-,22-,23-,24-,25-,26-,27-,28-,29-,30-,31-,32-,33-,34-,35-,36-,37-,38-,39-,40-,41-,42-,43-,44-,45-,46-,47-,48-/m1/s1. The second-order valence-electron chi connectivity index (χ2n) is 21.3. The first-order chi connectivity index (χ1) is 40.9. The van der Waals surface area contributed by atoms with Crippen molar-refractivity contribution in [1.82, 2.24) is 5.32 Å². The first-order valence-electron chi connectivity index (χ1n) is 27.4. The molecule has 21 aliphatic rings. The molecular formula is C48H77NO37. The lowest BCUT2D eigenvalue weighted by Crippen LogP contribution is -2.68. The lowest BCUT2D eigenvalue weighted by Gasteiger charge is -2.50. The number of nitrogens with one attached hydrogen (secondary N) is 1. The van der Waals surface area contributed by atoms with Crippen molar-refractivity contribution in [3.05, 3.63) is 12.2 Å². The molecule has 14 bridgehead atoms. The monoisotopic (exact) mass is 1260 g/mol. The zero-order valence-electron chi connectivity index (χ0n) is 45.4. The van der Waals surface area contributed by atoms with Gasteiger partial charge in [0.15, 0.2) is 44.0 Å². The van der Waals surface area contributed by atoms with Gasteiger partial charge in [0, 0.05) is 18.7 Å². The Morgan fingerprint density at radius 1 is 0.314 bits per heavy atom. The van der Waals surface area contributed by atoms with Crippen LogP contribution in [-0.4, -0.2) is 382 Å². The zero-order valence-corrected chi connectivity index (χ0v) is 45.4.